The number of nitro groups is 1. The van der Waals surface area contributed by atoms with Crippen molar-refractivity contribution in [2.75, 3.05) is 7.11 Å². The molecule has 1 heterocycles. The van der Waals surface area contributed by atoms with Gasteiger partial charge in [-0.15, -0.1) is 0 Å². The van der Waals surface area contributed by atoms with E-state index in [1.54, 1.807) is 18.2 Å². The van der Waals surface area contributed by atoms with Crippen LogP contribution in [0.4, 0.5) is 5.69 Å². The molecule has 0 amide bonds. The van der Waals surface area contributed by atoms with Crippen LogP contribution in [-0.4, -0.2) is 12.0 Å². The number of methoxy groups -OCH3 is 1. The summed E-state index contributed by atoms with van der Waals surface area (Å²) in [5.74, 6) is 0.596. The Hall–Kier alpha value is -3.15. The van der Waals surface area contributed by atoms with Crippen LogP contribution in [0.25, 0.3) is 22.1 Å². The minimum Gasteiger partial charge on any atom is -0.497 e. The number of hydrogen-bond donors (Lipinski definition) is 0. The fraction of sp³-hybridized carbons (Fsp3) is 0.0625. The smallest absolute Gasteiger partial charge is 0.269 e. The van der Waals surface area contributed by atoms with Gasteiger partial charge in [0.25, 0.3) is 5.69 Å². The minimum absolute atomic E-state index is 0.0290. The Balaban J connectivity index is 2.13. The minimum atomic E-state index is -0.487. The van der Waals surface area contributed by atoms with Gasteiger partial charge in [0.1, 0.15) is 17.6 Å². The van der Waals surface area contributed by atoms with Crippen molar-refractivity contribution < 1.29 is 14.1 Å². The zero-order valence-electron chi connectivity index (χ0n) is 11.6. The quantitative estimate of drug-likeness (QED) is 0.546. The second-order valence-corrected chi connectivity index (χ2v) is 4.64. The molecule has 22 heavy (non-hydrogen) atoms. The van der Waals surface area contributed by atoms with Crippen molar-refractivity contribution >= 4 is 16.7 Å². The molecule has 0 bridgehead atoms. The molecule has 1 aromatic heterocycles. The van der Waals surface area contributed by atoms with E-state index in [0.717, 1.165) is 0 Å². The van der Waals surface area contributed by atoms with Gasteiger partial charge in [-0.25, -0.2) is 0 Å². The van der Waals surface area contributed by atoms with Crippen molar-refractivity contribution in [1.82, 2.24) is 0 Å². The second-order valence-electron chi connectivity index (χ2n) is 4.64. The molecular weight excluding hydrogens is 286 g/mol. The maximum Gasteiger partial charge on any atom is 0.269 e. The summed E-state index contributed by atoms with van der Waals surface area (Å²) in [7, 11) is 1.53. The first-order valence-electron chi connectivity index (χ1n) is 6.44. The van der Waals surface area contributed by atoms with E-state index in [0.29, 0.717) is 27.8 Å². The van der Waals surface area contributed by atoms with Crippen LogP contribution in [-0.2, 0) is 0 Å². The highest BCUT2D eigenvalue weighted by molar-refractivity contribution is 5.82. The zero-order valence-corrected chi connectivity index (χ0v) is 11.6. The Labute approximate surface area is 124 Å². The number of non-ortho nitro benzene ring substituents is 1. The molecule has 0 fully saturated rings. The van der Waals surface area contributed by atoms with E-state index < -0.39 is 4.92 Å². The van der Waals surface area contributed by atoms with Crippen LogP contribution in [0.3, 0.4) is 0 Å². The normalized spacial score (nSPS) is 10.6. The summed E-state index contributed by atoms with van der Waals surface area (Å²) in [6, 6.07) is 10.7. The van der Waals surface area contributed by atoms with E-state index in [2.05, 4.69) is 0 Å². The molecule has 0 aliphatic rings. The van der Waals surface area contributed by atoms with E-state index in [9.17, 15) is 14.9 Å². The Bertz CT molecular complexity index is 912. The monoisotopic (exact) mass is 297 g/mol. The second kappa shape index (κ2) is 5.33. The highest BCUT2D eigenvalue weighted by Gasteiger charge is 2.11. The van der Waals surface area contributed by atoms with Crippen molar-refractivity contribution in [3.8, 4) is 16.9 Å². The number of benzene rings is 2. The molecule has 0 atom stereocenters. The van der Waals surface area contributed by atoms with Crippen molar-refractivity contribution in [3.05, 3.63) is 69.1 Å². The Morgan fingerprint density at radius 2 is 1.86 bits per heavy atom. The SMILES string of the molecule is COc1ccc2c(=O)c(-c3ccc([N+](=O)[O-])cc3)coc2c1. The molecule has 0 unspecified atom stereocenters. The van der Waals surface area contributed by atoms with Gasteiger partial charge in [-0.2, -0.15) is 0 Å². The predicted molar refractivity (Wildman–Crippen MR) is 81.1 cm³/mol. The van der Waals surface area contributed by atoms with Crippen LogP contribution in [0.15, 0.2) is 57.9 Å². The molecule has 3 rings (SSSR count). The van der Waals surface area contributed by atoms with E-state index in [4.69, 9.17) is 9.15 Å². The average Bonchev–Trinajstić information content (AvgIpc) is 2.55. The molecule has 6 nitrogen and oxygen atoms in total. The maximum absolute atomic E-state index is 12.5. The Morgan fingerprint density at radius 1 is 1.14 bits per heavy atom. The number of nitrogens with zero attached hydrogens (tertiary/aromatic N) is 1. The molecule has 0 aliphatic carbocycles. The molecule has 3 aromatic rings. The average molecular weight is 297 g/mol. The van der Waals surface area contributed by atoms with Gasteiger partial charge in [0.05, 0.1) is 23.0 Å². The third kappa shape index (κ3) is 2.31. The van der Waals surface area contributed by atoms with Crippen LogP contribution in [0.5, 0.6) is 5.75 Å². The largest absolute Gasteiger partial charge is 0.497 e. The lowest BCUT2D eigenvalue weighted by Crippen LogP contribution is -2.04. The fourth-order valence-electron chi connectivity index (χ4n) is 2.20. The maximum atomic E-state index is 12.5. The molecule has 0 radical (unpaired) electrons. The van der Waals surface area contributed by atoms with Crippen molar-refractivity contribution in [3.63, 3.8) is 0 Å². The summed E-state index contributed by atoms with van der Waals surface area (Å²) in [5, 5.41) is 11.1. The van der Waals surface area contributed by atoms with Gasteiger partial charge in [0, 0.05) is 18.2 Å². The summed E-state index contributed by atoms with van der Waals surface area (Å²) in [4.78, 5) is 22.7. The van der Waals surface area contributed by atoms with Crippen LogP contribution in [0.1, 0.15) is 0 Å². The van der Waals surface area contributed by atoms with Gasteiger partial charge in [0.2, 0.25) is 0 Å². The van der Waals surface area contributed by atoms with E-state index in [1.165, 1.54) is 37.6 Å². The lowest BCUT2D eigenvalue weighted by atomic mass is 10.1. The lowest BCUT2D eigenvalue weighted by molar-refractivity contribution is -0.384. The third-order valence-corrected chi connectivity index (χ3v) is 3.37. The van der Waals surface area contributed by atoms with Crippen LogP contribution < -0.4 is 10.2 Å². The summed E-state index contributed by atoms with van der Waals surface area (Å²) < 4.78 is 10.6. The predicted octanol–water partition coefficient (Wildman–Crippen LogP) is 3.38. The van der Waals surface area contributed by atoms with Crippen molar-refractivity contribution in [2.24, 2.45) is 0 Å². The summed E-state index contributed by atoms with van der Waals surface area (Å²) in [5.41, 5.74) is 1.12. The Morgan fingerprint density at radius 3 is 2.50 bits per heavy atom. The molecular formula is C16H11NO5. The summed E-state index contributed by atoms with van der Waals surface area (Å²) in [6.07, 6.45) is 1.35. The zero-order chi connectivity index (χ0) is 15.7. The number of nitro benzene ring substituents is 1. The molecule has 0 N–H and O–H groups in total. The number of fused-ring (bicyclic) bond motifs is 1. The van der Waals surface area contributed by atoms with Gasteiger partial charge in [-0.1, -0.05) is 0 Å². The molecule has 0 saturated carbocycles. The molecule has 2 aromatic carbocycles. The standard InChI is InChI=1S/C16H11NO5/c1-21-12-6-7-13-15(8-12)22-9-14(16(13)18)10-2-4-11(5-3-10)17(19)20/h2-9H,1H3. The van der Waals surface area contributed by atoms with Gasteiger partial charge in [-0.3, -0.25) is 14.9 Å². The molecule has 110 valence electrons. The third-order valence-electron chi connectivity index (χ3n) is 3.37. The van der Waals surface area contributed by atoms with Crippen LogP contribution in [0.2, 0.25) is 0 Å². The number of rotatable bonds is 3. The molecule has 0 spiro atoms. The van der Waals surface area contributed by atoms with Crippen molar-refractivity contribution in [1.29, 1.82) is 0 Å². The summed E-state index contributed by atoms with van der Waals surface area (Å²) in [6.45, 7) is 0. The van der Waals surface area contributed by atoms with Gasteiger partial charge < -0.3 is 9.15 Å². The first-order chi connectivity index (χ1) is 10.6. The van der Waals surface area contributed by atoms with Gasteiger partial charge >= 0.3 is 0 Å². The van der Waals surface area contributed by atoms with Crippen LogP contribution >= 0.6 is 0 Å². The van der Waals surface area contributed by atoms with Gasteiger partial charge in [0.15, 0.2) is 5.43 Å². The number of hydrogen-bond acceptors (Lipinski definition) is 5. The fourth-order valence-corrected chi connectivity index (χ4v) is 2.20. The van der Waals surface area contributed by atoms with Crippen LogP contribution in [0, 0.1) is 10.1 Å². The highest BCUT2D eigenvalue weighted by atomic mass is 16.6. The van der Waals surface area contributed by atoms with E-state index in [-0.39, 0.29) is 11.1 Å². The van der Waals surface area contributed by atoms with E-state index >= 15 is 0 Å². The van der Waals surface area contributed by atoms with Crippen molar-refractivity contribution in [2.45, 2.75) is 0 Å². The molecule has 0 aliphatic heterocycles. The lowest BCUT2D eigenvalue weighted by Gasteiger charge is -2.04. The van der Waals surface area contributed by atoms with E-state index in [1.807, 2.05) is 0 Å². The number of ether oxygens (including phenoxy) is 1. The highest BCUT2D eigenvalue weighted by Crippen LogP contribution is 2.24. The first-order valence-corrected chi connectivity index (χ1v) is 6.44. The van der Waals surface area contributed by atoms with Gasteiger partial charge in [-0.05, 0) is 29.8 Å². The Kier molecular flexibility index (Phi) is 3.34. The first kappa shape index (κ1) is 13.8. The molecule has 6 heteroatoms. The topological polar surface area (TPSA) is 82.6 Å². The molecule has 0 saturated heterocycles. The summed E-state index contributed by atoms with van der Waals surface area (Å²) >= 11 is 0.